The first-order chi connectivity index (χ1) is 10.3. The fourth-order valence-electron chi connectivity index (χ4n) is 3.80. The molecule has 3 heteroatoms. The molecule has 1 saturated heterocycles. The number of carbonyl (C=O) groups is 1. The molecule has 5 atom stereocenters. The molecule has 1 saturated carbocycles. The van der Waals surface area contributed by atoms with Gasteiger partial charge in [-0.2, -0.15) is 0 Å². The first-order valence-corrected chi connectivity index (χ1v) is 8.63. The zero-order valence-electron chi connectivity index (χ0n) is 13.0. The molecule has 3 nitrogen and oxygen atoms in total. The van der Waals surface area contributed by atoms with Gasteiger partial charge in [0, 0.05) is 18.8 Å². The number of esters is 1. The van der Waals surface area contributed by atoms with Gasteiger partial charge < -0.3 is 9.47 Å². The van der Waals surface area contributed by atoms with E-state index in [2.05, 4.69) is 18.8 Å². The number of epoxide rings is 1. The molecule has 0 N–H and O–H groups in total. The van der Waals surface area contributed by atoms with Crippen molar-refractivity contribution in [2.45, 2.75) is 83.0 Å². The number of carbonyl (C=O) groups excluding carboxylic acids is 1. The second-order valence-electron chi connectivity index (χ2n) is 6.59. The zero-order chi connectivity index (χ0) is 14.7. The Morgan fingerprint density at radius 2 is 2.00 bits per heavy atom. The summed E-state index contributed by atoms with van der Waals surface area (Å²) in [4.78, 5) is 12.0. The molecule has 21 heavy (non-hydrogen) atoms. The molecule has 0 amide bonds. The molecule has 1 aliphatic carbocycles. The lowest BCUT2D eigenvalue weighted by atomic mass is 9.88. The van der Waals surface area contributed by atoms with Gasteiger partial charge in [-0.3, -0.25) is 4.79 Å². The summed E-state index contributed by atoms with van der Waals surface area (Å²) in [7, 11) is 0. The number of ether oxygens (including phenoxy) is 2. The molecule has 0 aromatic carbocycles. The van der Waals surface area contributed by atoms with Crippen LogP contribution in [0.3, 0.4) is 0 Å². The standard InChI is InChI=1S/C18H26O3/c1-2-15-14-12-16-18(21-16)13(14)10-8-6-4-3-5-7-9-11-17(19)20-15/h13-16,18H,2-7,9,11-12H2,1H3/t13-,14+,15-,16-,18+/m0/s1. The molecule has 0 radical (unpaired) electrons. The van der Waals surface area contributed by atoms with Crippen LogP contribution in [0.15, 0.2) is 0 Å². The van der Waals surface area contributed by atoms with Crippen LogP contribution in [0.4, 0.5) is 0 Å². The number of rotatable bonds is 1. The van der Waals surface area contributed by atoms with Crippen LogP contribution in [-0.4, -0.2) is 24.3 Å². The molecule has 0 spiro atoms. The van der Waals surface area contributed by atoms with Crippen LogP contribution >= 0.6 is 0 Å². The molecule has 0 bridgehead atoms. The number of cyclic esters (lactones) is 1. The molecule has 0 unspecified atom stereocenters. The number of hydrogen-bond donors (Lipinski definition) is 0. The third-order valence-corrected chi connectivity index (χ3v) is 5.06. The Morgan fingerprint density at radius 1 is 1.19 bits per heavy atom. The van der Waals surface area contributed by atoms with Gasteiger partial charge in [0.15, 0.2) is 0 Å². The van der Waals surface area contributed by atoms with Gasteiger partial charge in [0.2, 0.25) is 0 Å². The Morgan fingerprint density at radius 3 is 2.86 bits per heavy atom. The van der Waals surface area contributed by atoms with Crippen LogP contribution in [0.1, 0.15) is 64.7 Å². The van der Waals surface area contributed by atoms with Gasteiger partial charge in [-0.1, -0.05) is 32.1 Å². The summed E-state index contributed by atoms with van der Waals surface area (Å²) >= 11 is 0. The molecule has 2 aliphatic heterocycles. The molecule has 0 aromatic heterocycles. The Hall–Kier alpha value is -1.01. The summed E-state index contributed by atoms with van der Waals surface area (Å²) in [5, 5.41) is 0. The molecule has 2 heterocycles. The minimum absolute atomic E-state index is 0.0212. The quantitative estimate of drug-likeness (QED) is 0.422. The van der Waals surface area contributed by atoms with E-state index in [9.17, 15) is 4.79 Å². The highest BCUT2D eigenvalue weighted by Gasteiger charge is 2.57. The van der Waals surface area contributed by atoms with E-state index < -0.39 is 0 Å². The topological polar surface area (TPSA) is 38.8 Å². The number of fused-ring (bicyclic) bond motifs is 3. The van der Waals surface area contributed by atoms with Crippen LogP contribution in [0, 0.1) is 23.7 Å². The maximum Gasteiger partial charge on any atom is 0.306 e. The highest BCUT2D eigenvalue weighted by molar-refractivity contribution is 5.69. The predicted molar refractivity (Wildman–Crippen MR) is 80.5 cm³/mol. The van der Waals surface area contributed by atoms with E-state index in [0.29, 0.717) is 24.5 Å². The fourth-order valence-corrected chi connectivity index (χ4v) is 3.80. The Balaban J connectivity index is 1.71. The lowest BCUT2D eigenvalue weighted by Gasteiger charge is -2.27. The summed E-state index contributed by atoms with van der Waals surface area (Å²) in [6.07, 6.45) is 9.86. The van der Waals surface area contributed by atoms with Crippen molar-refractivity contribution >= 4 is 5.97 Å². The van der Waals surface area contributed by atoms with Gasteiger partial charge in [0.25, 0.3) is 0 Å². The van der Waals surface area contributed by atoms with E-state index in [1.165, 1.54) is 19.3 Å². The van der Waals surface area contributed by atoms with Crippen molar-refractivity contribution in [3.63, 3.8) is 0 Å². The number of hydrogen-bond acceptors (Lipinski definition) is 3. The average Bonchev–Trinajstić information content (AvgIpc) is 3.16. The maximum absolute atomic E-state index is 12.0. The van der Waals surface area contributed by atoms with Crippen molar-refractivity contribution in [3.8, 4) is 11.8 Å². The fraction of sp³-hybridized carbons (Fsp3) is 0.833. The van der Waals surface area contributed by atoms with Gasteiger partial charge in [-0.15, -0.1) is 5.92 Å². The van der Waals surface area contributed by atoms with Gasteiger partial charge in [-0.25, -0.2) is 0 Å². The highest BCUT2D eigenvalue weighted by Crippen LogP contribution is 2.49. The molecule has 3 aliphatic rings. The predicted octanol–water partition coefficient (Wildman–Crippen LogP) is 3.46. The summed E-state index contributed by atoms with van der Waals surface area (Å²) in [5.74, 6) is 7.42. The molecule has 0 aromatic rings. The largest absolute Gasteiger partial charge is 0.462 e. The molecule has 2 fully saturated rings. The SMILES string of the molecule is CC[C@@H]1OC(=O)CCCCCCCC#C[C@H]2[C@H]1C[C@@H]1O[C@H]21. The summed E-state index contributed by atoms with van der Waals surface area (Å²) < 4.78 is 11.4. The van der Waals surface area contributed by atoms with E-state index in [-0.39, 0.29) is 18.0 Å². The van der Waals surface area contributed by atoms with Crippen molar-refractivity contribution < 1.29 is 14.3 Å². The second-order valence-corrected chi connectivity index (χ2v) is 6.59. The first kappa shape index (κ1) is 14.9. The highest BCUT2D eigenvalue weighted by atomic mass is 16.6. The third-order valence-electron chi connectivity index (χ3n) is 5.06. The van der Waals surface area contributed by atoms with Crippen LogP contribution in [0.25, 0.3) is 0 Å². The lowest BCUT2D eigenvalue weighted by molar-refractivity contribution is -0.153. The Kier molecular flexibility index (Phi) is 4.85. The van der Waals surface area contributed by atoms with Gasteiger partial charge >= 0.3 is 5.97 Å². The van der Waals surface area contributed by atoms with E-state index >= 15 is 0 Å². The van der Waals surface area contributed by atoms with E-state index in [1.807, 2.05) is 0 Å². The average molecular weight is 290 g/mol. The maximum atomic E-state index is 12.0. The van der Waals surface area contributed by atoms with Crippen molar-refractivity contribution in [3.05, 3.63) is 0 Å². The van der Waals surface area contributed by atoms with Crippen LogP contribution in [-0.2, 0) is 14.3 Å². The Bertz CT molecular complexity index is 433. The molecular weight excluding hydrogens is 264 g/mol. The van der Waals surface area contributed by atoms with Crippen LogP contribution in [0.2, 0.25) is 0 Å². The van der Waals surface area contributed by atoms with Crippen LogP contribution < -0.4 is 0 Å². The smallest absolute Gasteiger partial charge is 0.306 e. The van der Waals surface area contributed by atoms with E-state index in [4.69, 9.17) is 9.47 Å². The molecule has 116 valence electrons. The van der Waals surface area contributed by atoms with E-state index in [0.717, 1.165) is 32.1 Å². The van der Waals surface area contributed by atoms with E-state index in [1.54, 1.807) is 0 Å². The zero-order valence-corrected chi connectivity index (χ0v) is 13.0. The van der Waals surface area contributed by atoms with Crippen molar-refractivity contribution in [1.29, 1.82) is 0 Å². The van der Waals surface area contributed by atoms with Crippen molar-refractivity contribution in [2.24, 2.45) is 11.8 Å². The lowest BCUT2D eigenvalue weighted by Crippen LogP contribution is -2.31. The van der Waals surface area contributed by atoms with Gasteiger partial charge in [-0.05, 0) is 25.7 Å². The Labute approximate surface area is 127 Å². The summed E-state index contributed by atoms with van der Waals surface area (Å²) in [6, 6.07) is 0. The van der Waals surface area contributed by atoms with Gasteiger partial charge in [0.1, 0.15) is 6.10 Å². The minimum atomic E-state index is -0.0212. The normalized spacial score (nSPS) is 40.0. The van der Waals surface area contributed by atoms with Gasteiger partial charge in [0.05, 0.1) is 18.1 Å². The first-order valence-electron chi connectivity index (χ1n) is 8.63. The summed E-state index contributed by atoms with van der Waals surface area (Å²) in [5.41, 5.74) is 0. The molecular formula is C18H26O3. The van der Waals surface area contributed by atoms with Crippen molar-refractivity contribution in [2.75, 3.05) is 0 Å². The monoisotopic (exact) mass is 290 g/mol. The second kappa shape index (κ2) is 6.83. The summed E-state index contributed by atoms with van der Waals surface area (Å²) in [6.45, 7) is 2.11. The minimum Gasteiger partial charge on any atom is -0.462 e. The van der Waals surface area contributed by atoms with Crippen LogP contribution in [0.5, 0.6) is 0 Å². The molecule has 3 rings (SSSR count). The third kappa shape index (κ3) is 3.61. The van der Waals surface area contributed by atoms with Crippen molar-refractivity contribution in [1.82, 2.24) is 0 Å².